The van der Waals surface area contributed by atoms with Gasteiger partial charge >= 0.3 is 11.9 Å². The van der Waals surface area contributed by atoms with E-state index in [1.165, 1.54) is 27.8 Å². The third-order valence-electron chi connectivity index (χ3n) is 4.52. The molecule has 1 atom stereocenters. The van der Waals surface area contributed by atoms with Crippen LogP contribution in [0.5, 0.6) is 0 Å². The van der Waals surface area contributed by atoms with E-state index in [-0.39, 0.29) is 0 Å². The Balaban J connectivity index is 0.000000380. The van der Waals surface area contributed by atoms with Gasteiger partial charge in [0.1, 0.15) is 0 Å². The van der Waals surface area contributed by atoms with E-state index < -0.39 is 11.9 Å². The van der Waals surface area contributed by atoms with Crippen molar-refractivity contribution in [1.29, 1.82) is 0 Å². The van der Waals surface area contributed by atoms with E-state index in [9.17, 15) is 0 Å². The molecule has 0 saturated heterocycles. The first kappa shape index (κ1) is 21.2. The monoisotopic (exact) mass is 409 g/mol. The molecule has 0 saturated carbocycles. The maximum Gasteiger partial charge on any atom is 0.414 e. The Morgan fingerprint density at radius 2 is 1.67 bits per heavy atom. The highest BCUT2D eigenvalue weighted by atomic mass is 35.5. The summed E-state index contributed by atoms with van der Waals surface area (Å²) >= 11 is 12.1. The lowest BCUT2D eigenvalue weighted by Crippen LogP contribution is -2.31. The number of halogens is 2. The first-order chi connectivity index (χ1) is 12.7. The lowest BCUT2D eigenvalue weighted by atomic mass is 9.87. The summed E-state index contributed by atoms with van der Waals surface area (Å²) in [5.74, 6) is -3.65. The second kappa shape index (κ2) is 9.22. The van der Waals surface area contributed by atoms with Gasteiger partial charge < -0.3 is 15.5 Å². The first-order valence-electron chi connectivity index (χ1n) is 8.42. The van der Waals surface area contributed by atoms with E-state index in [4.69, 9.17) is 43.0 Å². The molecule has 1 heterocycles. The van der Waals surface area contributed by atoms with Gasteiger partial charge in [0.05, 0.1) is 10.0 Å². The fourth-order valence-corrected chi connectivity index (χ4v) is 3.34. The largest absolute Gasteiger partial charge is 0.473 e. The van der Waals surface area contributed by atoms with E-state index in [1.54, 1.807) is 0 Å². The van der Waals surface area contributed by atoms with Gasteiger partial charge in [0.25, 0.3) is 0 Å². The molecule has 0 spiro atoms. The summed E-state index contributed by atoms with van der Waals surface area (Å²) in [7, 11) is 0. The zero-order valence-corrected chi connectivity index (χ0v) is 16.6. The molecule has 0 bridgehead atoms. The highest BCUT2D eigenvalue weighted by molar-refractivity contribution is 6.42. The van der Waals surface area contributed by atoms with Crippen molar-refractivity contribution in [1.82, 2.24) is 5.32 Å². The van der Waals surface area contributed by atoms with Gasteiger partial charge in [-0.05, 0) is 73.2 Å². The fourth-order valence-electron chi connectivity index (χ4n) is 3.01. The molecule has 0 aromatic heterocycles. The van der Waals surface area contributed by atoms with Crippen molar-refractivity contribution in [3.05, 3.63) is 68.2 Å². The second-order valence-electron chi connectivity index (χ2n) is 6.45. The molecular formula is C20H21Cl2NO4. The van der Waals surface area contributed by atoms with Crippen LogP contribution in [0.3, 0.4) is 0 Å². The van der Waals surface area contributed by atoms with Gasteiger partial charge in [0.2, 0.25) is 0 Å². The Bertz CT molecular complexity index is 855. The number of rotatable bonds is 2. The van der Waals surface area contributed by atoms with E-state index in [2.05, 4.69) is 37.4 Å². The third-order valence-corrected chi connectivity index (χ3v) is 5.26. The summed E-state index contributed by atoms with van der Waals surface area (Å²) in [6.45, 7) is 5.40. The smallest absolute Gasteiger partial charge is 0.414 e. The van der Waals surface area contributed by atoms with Crippen molar-refractivity contribution in [3.63, 3.8) is 0 Å². The van der Waals surface area contributed by atoms with Crippen molar-refractivity contribution < 1.29 is 19.8 Å². The highest BCUT2D eigenvalue weighted by Gasteiger charge is 2.21. The lowest BCUT2D eigenvalue weighted by molar-refractivity contribution is -0.159. The fraction of sp³-hybridized carbons (Fsp3) is 0.300. The minimum atomic E-state index is -1.82. The Morgan fingerprint density at radius 3 is 2.26 bits per heavy atom. The normalized spacial score (nSPS) is 15.3. The van der Waals surface area contributed by atoms with Crippen molar-refractivity contribution in [2.75, 3.05) is 6.54 Å². The van der Waals surface area contributed by atoms with Crippen LogP contribution in [-0.4, -0.2) is 28.7 Å². The molecule has 3 N–H and O–H groups in total. The molecule has 1 aliphatic heterocycles. The summed E-state index contributed by atoms with van der Waals surface area (Å²) < 4.78 is 0. The number of aliphatic carboxylic acids is 2. The Kier molecular flexibility index (Phi) is 7.25. The molecule has 7 heteroatoms. The standard InChI is InChI=1S/C18H19Cl2N.C2H2O4/c1-11-7-14-5-6-21-18(15(14)8-12(11)2)10-13-3-4-16(19)17(20)9-13;3-1(4)2(5)6/h3-4,7-9,18,21H,5-6,10H2,1-2H3;(H,3,4)(H,5,6). The molecule has 2 aromatic rings. The summed E-state index contributed by atoms with van der Waals surface area (Å²) in [5.41, 5.74) is 6.85. The van der Waals surface area contributed by atoms with Crippen LogP contribution >= 0.6 is 23.2 Å². The molecule has 3 rings (SSSR count). The molecule has 0 fully saturated rings. The maximum absolute atomic E-state index is 9.10. The Morgan fingerprint density at radius 1 is 1.04 bits per heavy atom. The molecule has 2 aromatic carbocycles. The van der Waals surface area contributed by atoms with Gasteiger partial charge in [-0.2, -0.15) is 0 Å². The number of aryl methyl sites for hydroxylation is 2. The van der Waals surface area contributed by atoms with Gasteiger partial charge in [-0.1, -0.05) is 41.4 Å². The summed E-state index contributed by atoms with van der Waals surface area (Å²) in [5, 5.41) is 19.7. The van der Waals surface area contributed by atoms with Crippen molar-refractivity contribution in [2.45, 2.75) is 32.7 Å². The minimum Gasteiger partial charge on any atom is -0.473 e. The molecule has 1 aliphatic rings. The second-order valence-corrected chi connectivity index (χ2v) is 7.27. The molecular weight excluding hydrogens is 389 g/mol. The van der Waals surface area contributed by atoms with Crippen LogP contribution in [0.15, 0.2) is 30.3 Å². The van der Waals surface area contributed by atoms with Gasteiger partial charge in [-0.15, -0.1) is 0 Å². The molecule has 27 heavy (non-hydrogen) atoms. The maximum atomic E-state index is 9.10. The van der Waals surface area contributed by atoms with E-state index in [0.717, 1.165) is 19.4 Å². The van der Waals surface area contributed by atoms with Gasteiger partial charge in [0.15, 0.2) is 0 Å². The summed E-state index contributed by atoms with van der Waals surface area (Å²) in [6, 6.07) is 10.9. The number of carbonyl (C=O) groups is 2. The Hall–Kier alpha value is -2.08. The number of fused-ring (bicyclic) bond motifs is 1. The molecule has 144 valence electrons. The average Bonchev–Trinajstić information content (AvgIpc) is 2.60. The number of benzene rings is 2. The summed E-state index contributed by atoms with van der Waals surface area (Å²) in [4.78, 5) is 18.2. The van der Waals surface area contributed by atoms with Crippen LogP contribution in [0.2, 0.25) is 10.0 Å². The first-order valence-corrected chi connectivity index (χ1v) is 9.18. The molecule has 5 nitrogen and oxygen atoms in total. The van der Waals surface area contributed by atoms with Gasteiger partial charge in [0, 0.05) is 6.04 Å². The topological polar surface area (TPSA) is 86.6 Å². The number of nitrogens with one attached hydrogen (secondary N) is 1. The highest BCUT2D eigenvalue weighted by Crippen LogP contribution is 2.30. The number of hydrogen-bond donors (Lipinski definition) is 3. The molecule has 0 amide bonds. The predicted octanol–water partition coefficient (Wildman–Crippen LogP) is 4.20. The zero-order chi connectivity index (χ0) is 20.1. The summed E-state index contributed by atoms with van der Waals surface area (Å²) in [6.07, 6.45) is 2.04. The van der Waals surface area contributed by atoms with Crippen LogP contribution in [0.25, 0.3) is 0 Å². The number of carboxylic acids is 2. The van der Waals surface area contributed by atoms with Crippen molar-refractivity contribution in [3.8, 4) is 0 Å². The SMILES string of the molecule is Cc1cc2c(cc1C)C(Cc1ccc(Cl)c(Cl)c1)NCC2.O=C(O)C(=O)O. The third kappa shape index (κ3) is 5.70. The molecule has 1 unspecified atom stereocenters. The van der Waals surface area contributed by atoms with Crippen LogP contribution in [0, 0.1) is 13.8 Å². The minimum absolute atomic E-state index is 0.352. The van der Waals surface area contributed by atoms with Gasteiger partial charge in [-0.25, -0.2) is 9.59 Å². The molecule has 0 aliphatic carbocycles. The molecule has 0 radical (unpaired) electrons. The Labute approximate surface area is 167 Å². The average molecular weight is 410 g/mol. The zero-order valence-electron chi connectivity index (χ0n) is 15.1. The van der Waals surface area contributed by atoms with Crippen LogP contribution in [0.4, 0.5) is 0 Å². The van der Waals surface area contributed by atoms with E-state index in [0.29, 0.717) is 16.1 Å². The predicted molar refractivity (Wildman–Crippen MR) is 106 cm³/mol. The number of carboxylic acid groups (broad SMARTS) is 2. The van der Waals surface area contributed by atoms with Crippen molar-refractivity contribution >= 4 is 35.1 Å². The van der Waals surface area contributed by atoms with E-state index in [1.807, 2.05) is 12.1 Å². The number of hydrogen-bond acceptors (Lipinski definition) is 3. The van der Waals surface area contributed by atoms with Crippen LogP contribution in [0.1, 0.15) is 33.9 Å². The van der Waals surface area contributed by atoms with Crippen LogP contribution < -0.4 is 5.32 Å². The van der Waals surface area contributed by atoms with Gasteiger partial charge in [-0.3, -0.25) is 0 Å². The van der Waals surface area contributed by atoms with Crippen LogP contribution in [-0.2, 0) is 22.4 Å². The quantitative estimate of drug-likeness (QED) is 0.647. The van der Waals surface area contributed by atoms with E-state index >= 15 is 0 Å². The van der Waals surface area contributed by atoms with Crippen molar-refractivity contribution in [2.24, 2.45) is 0 Å². The lowest BCUT2D eigenvalue weighted by Gasteiger charge is -2.28.